The molecule has 0 aliphatic heterocycles. The number of aromatic nitrogens is 1. The van der Waals surface area contributed by atoms with Crippen LogP contribution in [0.3, 0.4) is 0 Å². The average molecular weight is 475 g/mol. The van der Waals surface area contributed by atoms with Crippen molar-refractivity contribution in [1.29, 1.82) is 0 Å². The average Bonchev–Trinajstić information content (AvgIpc) is 3.22. The molecule has 1 N–H and O–H groups in total. The summed E-state index contributed by atoms with van der Waals surface area (Å²) < 4.78 is 26.9. The topological polar surface area (TPSA) is 87.3 Å². The van der Waals surface area contributed by atoms with Crippen molar-refractivity contribution < 1.29 is 18.0 Å². The quantitative estimate of drug-likeness (QED) is 0.257. The lowest BCUT2D eigenvalue weighted by Gasteiger charge is -2.22. The second kappa shape index (κ2) is 9.65. The summed E-state index contributed by atoms with van der Waals surface area (Å²) in [7, 11) is -3.61. The second-order valence-electron chi connectivity index (χ2n) is 8.16. The molecule has 0 spiro atoms. The lowest BCUT2D eigenvalue weighted by molar-refractivity contribution is 0.0818. The summed E-state index contributed by atoms with van der Waals surface area (Å²) in [6, 6.07) is 23.0. The Morgan fingerprint density at radius 2 is 1.50 bits per heavy atom. The van der Waals surface area contributed by atoms with Crippen LogP contribution in [0.4, 0.5) is 5.82 Å². The van der Waals surface area contributed by atoms with Gasteiger partial charge in [0.25, 0.3) is 0 Å². The molecule has 34 heavy (non-hydrogen) atoms. The van der Waals surface area contributed by atoms with Gasteiger partial charge in [0.2, 0.25) is 21.6 Å². The summed E-state index contributed by atoms with van der Waals surface area (Å²) in [5, 5.41) is 0.679. The molecule has 7 heteroatoms. The first-order valence-corrected chi connectivity index (χ1v) is 13.0. The number of aromatic amines is 1. The molecule has 0 aliphatic rings. The zero-order chi connectivity index (χ0) is 24.3. The van der Waals surface area contributed by atoms with Gasteiger partial charge in [0.05, 0.1) is 17.3 Å². The first-order chi connectivity index (χ1) is 16.3. The highest BCUT2D eigenvalue weighted by Crippen LogP contribution is 2.40. The minimum atomic E-state index is -3.61. The van der Waals surface area contributed by atoms with Gasteiger partial charge in [-0.3, -0.25) is 13.9 Å². The maximum absolute atomic E-state index is 13.3. The number of unbranched alkanes of at least 4 members (excludes halogenated alkanes) is 1. The number of hydrogen-bond donors (Lipinski definition) is 1. The molecule has 0 fully saturated rings. The van der Waals surface area contributed by atoms with E-state index < -0.39 is 21.6 Å². The van der Waals surface area contributed by atoms with Gasteiger partial charge < -0.3 is 4.98 Å². The molecular weight excluding hydrogens is 448 g/mol. The number of nitrogens with zero attached hydrogens (tertiary/aromatic N) is 1. The molecule has 1 heterocycles. The van der Waals surface area contributed by atoms with E-state index in [0.717, 1.165) is 12.0 Å². The van der Waals surface area contributed by atoms with Crippen molar-refractivity contribution in [2.75, 3.05) is 17.1 Å². The van der Waals surface area contributed by atoms with Crippen LogP contribution in [0.1, 0.15) is 40.5 Å². The summed E-state index contributed by atoms with van der Waals surface area (Å²) in [5.74, 6) is -0.871. The standard InChI is InChI=1S/C27H26N2O4S/c1-3-4-18-29(34(2,32)33)27-23(19-12-7-5-8-13-19)21-16-11-17-22(24(21)28-27)26(31)25(30)20-14-9-6-10-15-20/h5-17,28H,3-4,18H2,1-2H3. The predicted octanol–water partition coefficient (Wildman–Crippen LogP) is 5.47. The van der Waals surface area contributed by atoms with Crippen LogP contribution in [0.2, 0.25) is 0 Å². The minimum absolute atomic E-state index is 0.207. The number of anilines is 1. The third-order valence-electron chi connectivity index (χ3n) is 5.73. The van der Waals surface area contributed by atoms with Crippen LogP contribution in [0.25, 0.3) is 22.0 Å². The van der Waals surface area contributed by atoms with Gasteiger partial charge in [0, 0.05) is 23.1 Å². The summed E-state index contributed by atoms with van der Waals surface area (Å²) in [4.78, 5) is 29.4. The highest BCUT2D eigenvalue weighted by atomic mass is 32.2. The maximum atomic E-state index is 13.3. The summed E-state index contributed by atoms with van der Waals surface area (Å²) in [6.07, 6.45) is 2.67. The van der Waals surface area contributed by atoms with Crippen LogP contribution < -0.4 is 4.31 Å². The molecule has 174 valence electrons. The highest BCUT2D eigenvalue weighted by molar-refractivity contribution is 7.92. The van der Waals surface area contributed by atoms with E-state index in [9.17, 15) is 18.0 Å². The molecule has 6 nitrogen and oxygen atoms in total. The van der Waals surface area contributed by atoms with Crippen molar-refractivity contribution in [3.05, 3.63) is 90.0 Å². The van der Waals surface area contributed by atoms with Crippen molar-refractivity contribution in [3.63, 3.8) is 0 Å². The van der Waals surface area contributed by atoms with Gasteiger partial charge >= 0.3 is 0 Å². The van der Waals surface area contributed by atoms with Crippen molar-refractivity contribution in [2.24, 2.45) is 0 Å². The van der Waals surface area contributed by atoms with Gasteiger partial charge in [0.1, 0.15) is 5.82 Å². The van der Waals surface area contributed by atoms with Crippen LogP contribution in [0.15, 0.2) is 78.9 Å². The van der Waals surface area contributed by atoms with E-state index in [-0.39, 0.29) is 5.56 Å². The van der Waals surface area contributed by atoms with Gasteiger partial charge in [-0.1, -0.05) is 86.1 Å². The van der Waals surface area contributed by atoms with Crippen LogP contribution in [-0.4, -0.2) is 37.8 Å². The molecule has 4 rings (SSSR count). The monoisotopic (exact) mass is 474 g/mol. The normalized spacial score (nSPS) is 11.5. The van der Waals surface area contributed by atoms with Gasteiger partial charge in [-0.2, -0.15) is 0 Å². The first kappa shape index (κ1) is 23.4. The molecule has 0 unspecified atom stereocenters. The molecule has 0 atom stereocenters. The summed E-state index contributed by atoms with van der Waals surface area (Å²) in [5.41, 5.74) is 2.45. The van der Waals surface area contributed by atoms with Crippen LogP contribution in [-0.2, 0) is 10.0 Å². The Kier molecular flexibility index (Phi) is 6.65. The van der Waals surface area contributed by atoms with E-state index >= 15 is 0 Å². The fourth-order valence-electron chi connectivity index (χ4n) is 4.07. The molecule has 0 aliphatic carbocycles. The van der Waals surface area contributed by atoms with Crippen LogP contribution in [0.5, 0.6) is 0 Å². The summed E-state index contributed by atoms with van der Waals surface area (Å²) >= 11 is 0. The zero-order valence-corrected chi connectivity index (χ0v) is 19.9. The SMILES string of the molecule is CCCCN(c1[nH]c2c(C(=O)C(=O)c3ccccc3)cccc2c1-c1ccccc1)S(C)(=O)=O. The van der Waals surface area contributed by atoms with E-state index in [4.69, 9.17) is 0 Å². The zero-order valence-electron chi connectivity index (χ0n) is 19.1. The van der Waals surface area contributed by atoms with E-state index in [1.54, 1.807) is 42.5 Å². The number of nitrogens with one attached hydrogen (secondary N) is 1. The van der Waals surface area contributed by atoms with Crippen LogP contribution >= 0.6 is 0 Å². The smallest absolute Gasteiger partial charge is 0.235 e. The molecule has 0 radical (unpaired) electrons. The number of hydrogen-bond acceptors (Lipinski definition) is 4. The molecule has 0 bridgehead atoms. The van der Waals surface area contributed by atoms with Gasteiger partial charge in [-0.15, -0.1) is 0 Å². The first-order valence-electron chi connectivity index (χ1n) is 11.1. The summed E-state index contributed by atoms with van der Waals surface area (Å²) in [6.45, 7) is 2.30. The lowest BCUT2D eigenvalue weighted by Crippen LogP contribution is -2.31. The van der Waals surface area contributed by atoms with Gasteiger partial charge in [0.15, 0.2) is 0 Å². The Morgan fingerprint density at radius 3 is 2.12 bits per heavy atom. The Balaban J connectivity index is 1.96. The van der Waals surface area contributed by atoms with Crippen molar-refractivity contribution in [3.8, 4) is 11.1 Å². The number of ketones is 2. The number of carbonyl (C=O) groups is 2. The van der Waals surface area contributed by atoms with E-state index in [0.29, 0.717) is 40.8 Å². The van der Waals surface area contributed by atoms with E-state index in [1.807, 2.05) is 43.3 Å². The number of rotatable bonds is 9. The molecule has 0 saturated carbocycles. The third-order valence-corrected chi connectivity index (χ3v) is 6.89. The van der Waals surface area contributed by atoms with E-state index in [2.05, 4.69) is 4.98 Å². The number of fused-ring (bicyclic) bond motifs is 1. The number of benzene rings is 3. The lowest BCUT2D eigenvalue weighted by atomic mass is 9.97. The van der Waals surface area contributed by atoms with Gasteiger partial charge in [-0.25, -0.2) is 8.42 Å². The van der Waals surface area contributed by atoms with Crippen molar-refractivity contribution in [1.82, 2.24) is 4.98 Å². The molecule has 1 aromatic heterocycles. The third kappa shape index (κ3) is 4.52. The Labute approximate surface area is 199 Å². The molecule has 4 aromatic rings. The number of carbonyl (C=O) groups excluding carboxylic acids is 2. The molecule has 0 amide bonds. The van der Waals surface area contributed by atoms with Gasteiger partial charge in [-0.05, 0) is 18.1 Å². The fraction of sp³-hybridized carbons (Fsp3) is 0.185. The number of sulfonamides is 1. The Morgan fingerprint density at radius 1 is 0.853 bits per heavy atom. The number of H-pyrrole nitrogens is 1. The molecule has 0 saturated heterocycles. The second-order valence-corrected chi connectivity index (χ2v) is 10.1. The van der Waals surface area contributed by atoms with Crippen molar-refractivity contribution in [2.45, 2.75) is 19.8 Å². The van der Waals surface area contributed by atoms with Crippen LogP contribution in [0, 0.1) is 0 Å². The Hall–Kier alpha value is -3.71. The minimum Gasteiger partial charge on any atom is -0.339 e. The maximum Gasteiger partial charge on any atom is 0.235 e. The van der Waals surface area contributed by atoms with E-state index in [1.165, 1.54) is 10.6 Å². The number of para-hydroxylation sites is 1. The largest absolute Gasteiger partial charge is 0.339 e. The number of Topliss-reactive ketones (excluding diaryl/α,β-unsaturated/α-hetero) is 2. The Bertz CT molecular complexity index is 1440. The fourth-order valence-corrected chi connectivity index (χ4v) is 4.99. The predicted molar refractivity (Wildman–Crippen MR) is 136 cm³/mol. The molecular formula is C27H26N2O4S. The van der Waals surface area contributed by atoms with Crippen molar-refractivity contribution >= 4 is 38.3 Å². The molecule has 3 aromatic carbocycles. The highest BCUT2D eigenvalue weighted by Gasteiger charge is 2.28.